The van der Waals surface area contributed by atoms with Crippen molar-refractivity contribution in [3.8, 4) is 10.4 Å². The number of carbonyl (C=O) groups is 5. The maximum Gasteiger partial charge on any atom is 0.251 e. The minimum Gasteiger partial charge on any atom is -0.391 e. The molecule has 1 aromatic heterocycles. The maximum atomic E-state index is 14.5. The summed E-state index contributed by atoms with van der Waals surface area (Å²) in [6, 6.07) is 41.0. The molecular weight excluding hydrogens is 1440 g/mol. The average Bonchev–Trinajstić information content (AvgIpc) is 1.72. The van der Waals surface area contributed by atoms with Crippen molar-refractivity contribution in [1.82, 2.24) is 40.1 Å². The van der Waals surface area contributed by atoms with Gasteiger partial charge in [-0.25, -0.2) is 4.98 Å². The number of likely N-dealkylation sites (tertiary alicyclic amines) is 3. The highest BCUT2D eigenvalue weighted by Crippen LogP contribution is 2.48. The van der Waals surface area contributed by atoms with Gasteiger partial charge >= 0.3 is 0 Å². The summed E-state index contributed by atoms with van der Waals surface area (Å²) in [6.45, 7) is 29.4. The molecule has 20 heteroatoms. The van der Waals surface area contributed by atoms with E-state index >= 15 is 0 Å². The Morgan fingerprint density at radius 1 is 0.757 bits per heavy atom. The van der Waals surface area contributed by atoms with Crippen LogP contribution in [0.25, 0.3) is 16.0 Å². The molecule has 4 amide bonds. The number of piperazine rings is 1. The van der Waals surface area contributed by atoms with Crippen LogP contribution in [0.15, 0.2) is 137 Å². The van der Waals surface area contributed by atoms with E-state index in [2.05, 4.69) is 132 Å². The van der Waals surface area contributed by atoms with Gasteiger partial charge in [-0.15, -0.1) is 23.1 Å². The van der Waals surface area contributed by atoms with E-state index in [9.17, 15) is 29.1 Å². The Labute approximate surface area is 673 Å². The Bertz CT molecular complexity index is 4130. The molecule has 0 bridgehead atoms. The number of ether oxygens (including phenoxy) is 1. The third kappa shape index (κ3) is 21.9. The van der Waals surface area contributed by atoms with Crippen molar-refractivity contribution < 1.29 is 33.8 Å². The molecule has 1 spiro atoms. The van der Waals surface area contributed by atoms with E-state index in [0.717, 1.165) is 212 Å². The molecular formula is C91H121ClN10O7S2. The number of aryl methyl sites for hydroxylation is 2. The quantitative estimate of drug-likeness (QED) is 0.0340. The molecule has 6 heterocycles. The van der Waals surface area contributed by atoms with E-state index in [1.54, 1.807) is 16.9 Å². The number of ketones is 1. The molecule has 6 aromatic rings. The highest BCUT2D eigenvalue weighted by molar-refractivity contribution is 7.99. The summed E-state index contributed by atoms with van der Waals surface area (Å²) >= 11 is 9.97. The number of nitrogens with zero attached hydrogens (tertiary/aromatic N) is 7. The Kier molecular flexibility index (Phi) is 27.8. The molecule has 17 nitrogen and oxygen atoms in total. The lowest BCUT2D eigenvalue weighted by molar-refractivity contribution is -0.146. The topological polar surface area (TPSA) is 183 Å². The normalized spacial score (nSPS) is 23.1. The summed E-state index contributed by atoms with van der Waals surface area (Å²) in [4.78, 5) is 90.9. The first-order chi connectivity index (χ1) is 53.5. The average molecular weight is 1570 g/mol. The van der Waals surface area contributed by atoms with Crippen LogP contribution in [0, 0.1) is 47.8 Å². The molecule has 2 aliphatic carbocycles. The smallest absolute Gasteiger partial charge is 0.251 e. The zero-order valence-corrected chi connectivity index (χ0v) is 69.3. The number of Topliss-reactive ketones (excluding diaryl/α,β-unsaturated/α-hetero) is 1. The molecule has 1 unspecified atom stereocenters. The highest BCUT2D eigenvalue weighted by Gasteiger charge is 2.46. The number of aliphatic hydroxyl groups excluding tert-OH is 1. The molecule has 111 heavy (non-hydrogen) atoms. The number of β-amino-alcohol motifs (C(OH)–C–C–N with tert-alkyl or cyclic N) is 1. The Morgan fingerprint density at radius 2 is 1.43 bits per heavy atom. The summed E-state index contributed by atoms with van der Waals surface area (Å²) in [5, 5.41) is 21.8. The van der Waals surface area contributed by atoms with Gasteiger partial charge in [0.15, 0.2) is 0 Å². The minimum absolute atomic E-state index is 0.0573. The molecule has 596 valence electrons. The Hall–Kier alpha value is -6.94. The van der Waals surface area contributed by atoms with Gasteiger partial charge in [0.25, 0.3) is 5.91 Å². The molecule has 4 N–H and O–H groups in total. The fourth-order valence-corrected chi connectivity index (χ4v) is 20.6. The van der Waals surface area contributed by atoms with Gasteiger partial charge in [-0.1, -0.05) is 112 Å². The number of nitrogens with one attached hydrogen (secondary N) is 3. The number of halogens is 1. The van der Waals surface area contributed by atoms with Gasteiger partial charge in [0.05, 0.1) is 41.4 Å². The number of allylic oxidation sites excluding steroid dienone is 1. The molecule has 6 fully saturated rings. The van der Waals surface area contributed by atoms with Crippen molar-refractivity contribution in [3.63, 3.8) is 0 Å². The van der Waals surface area contributed by atoms with Crippen LogP contribution in [0.5, 0.6) is 0 Å². The zero-order chi connectivity index (χ0) is 77.8. The van der Waals surface area contributed by atoms with E-state index in [0.29, 0.717) is 42.3 Å². The fraction of sp³-hybridized carbons (Fsp3) is 0.560. The second kappa shape index (κ2) is 37.6. The van der Waals surface area contributed by atoms with Crippen molar-refractivity contribution in [2.24, 2.45) is 34.0 Å². The van der Waals surface area contributed by atoms with Crippen molar-refractivity contribution in [3.05, 3.63) is 171 Å². The van der Waals surface area contributed by atoms with Crippen LogP contribution < -0.4 is 20.9 Å². The van der Waals surface area contributed by atoms with Gasteiger partial charge in [0, 0.05) is 155 Å². The number of piperidine rings is 2. The number of hydrogen-bond acceptors (Lipinski definition) is 15. The van der Waals surface area contributed by atoms with Crippen LogP contribution in [-0.4, -0.2) is 193 Å². The second-order valence-electron chi connectivity index (χ2n) is 35.1. The standard InChI is InChI=1S/C91H121ClN10O7S2/c1-63-51-68(17-30-82(63)96-75(32-38-97-47-49-109-50-48-97)60-110-79-11-9-8-10-12-79)57-93-86(106)72-24-28-76(29-25-72)100-45-43-98(44-46-100)58-73-56-90(7,33-31-80(73)70-22-26-74(92)27-23-70)61-99-39-34-91(35-40-99)36-41-101(42-37-91)84(105)53-67-15-13-66(14-16-67)52-77(103)54-81(89(4,5)6)88(108)102-59-78(104)55-83(102)87(107)95-64(2)69-18-20-71(21-19-69)85-65(3)94-62-111-85/h8-12,17-30,51,62,64,66-67,75,78,81,83,96,104H,13-16,31-50,52-61H2,1-7H3,(H,93,106)(H,95,107)/t64-,66?,67?,75+,78+,81+,83-,90?/m0/s1. The van der Waals surface area contributed by atoms with Gasteiger partial charge in [-0.3, -0.25) is 33.8 Å². The number of morpholine rings is 1. The van der Waals surface area contributed by atoms with E-state index in [1.165, 1.54) is 39.3 Å². The van der Waals surface area contributed by atoms with E-state index < -0.39 is 23.5 Å². The number of carbonyl (C=O) groups excluding carboxylic acids is 5. The van der Waals surface area contributed by atoms with Crippen molar-refractivity contribution in [2.45, 2.75) is 187 Å². The number of thiazole rings is 1. The number of benzene rings is 5. The van der Waals surface area contributed by atoms with Gasteiger partial charge in [-0.2, -0.15) is 0 Å². The maximum absolute atomic E-state index is 14.5. The summed E-state index contributed by atoms with van der Waals surface area (Å²) in [5.74, 6) is 0.586. The van der Waals surface area contributed by atoms with E-state index in [-0.39, 0.29) is 66.2 Å². The Morgan fingerprint density at radius 3 is 2.10 bits per heavy atom. The summed E-state index contributed by atoms with van der Waals surface area (Å²) in [5.41, 5.74) is 14.3. The number of hydrogen-bond donors (Lipinski definition) is 4. The number of aromatic nitrogens is 1. The molecule has 13 rings (SSSR count). The first-order valence-corrected chi connectivity index (χ1v) is 43.7. The molecule has 1 saturated carbocycles. The summed E-state index contributed by atoms with van der Waals surface area (Å²) in [7, 11) is 0. The third-order valence-corrected chi connectivity index (χ3v) is 28.2. The van der Waals surface area contributed by atoms with Crippen molar-refractivity contribution >= 4 is 81.1 Å². The number of thioether (sulfide) groups is 1. The van der Waals surface area contributed by atoms with E-state index in [1.807, 2.05) is 100 Å². The molecule has 0 radical (unpaired) electrons. The molecule has 5 aliphatic heterocycles. The van der Waals surface area contributed by atoms with Crippen LogP contribution in [-0.2, 0) is 30.5 Å². The lowest BCUT2D eigenvalue weighted by atomic mass is 9.69. The number of aliphatic hydroxyl groups is 1. The highest BCUT2D eigenvalue weighted by atomic mass is 35.5. The molecule has 5 saturated heterocycles. The summed E-state index contributed by atoms with van der Waals surface area (Å²) < 4.78 is 5.61. The van der Waals surface area contributed by atoms with Gasteiger partial charge in [0.2, 0.25) is 17.7 Å². The number of rotatable bonds is 28. The van der Waals surface area contributed by atoms with Gasteiger partial charge in [0.1, 0.15) is 11.8 Å². The largest absolute Gasteiger partial charge is 0.391 e. The summed E-state index contributed by atoms with van der Waals surface area (Å²) in [6.07, 6.45) is 12.9. The van der Waals surface area contributed by atoms with Gasteiger partial charge < -0.3 is 45.4 Å². The zero-order valence-electron chi connectivity index (χ0n) is 66.9. The van der Waals surface area contributed by atoms with Crippen LogP contribution in [0.1, 0.15) is 182 Å². The minimum atomic E-state index is -0.832. The van der Waals surface area contributed by atoms with Crippen LogP contribution in [0.2, 0.25) is 5.02 Å². The molecule has 7 aliphatic rings. The van der Waals surface area contributed by atoms with Crippen LogP contribution >= 0.6 is 34.7 Å². The lowest BCUT2D eigenvalue weighted by Crippen LogP contribution is -2.50. The van der Waals surface area contributed by atoms with Crippen LogP contribution in [0.3, 0.4) is 0 Å². The van der Waals surface area contributed by atoms with E-state index in [4.69, 9.17) is 16.3 Å². The third-order valence-electron chi connectivity index (χ3n) is 25.8. The predicted molar refractivity (Wildman–Crippen MR) is 450 cm³/mol. The van der Waals surface area contributed by atoms with Crippen molar-refractivity contribution in [2.75, 3.05) is 121 Å². The SMILES string of the molecule is Cc1cc(CNC(=O)c2ccc(N3CCN(CC4=C(c5ccc(Cl)cc5)CCC(C)(CN5CCC6(CC5)CCN(C(=O)CC5CCC(CC(=O)C[C@H](C(=O)N7C[C@H](O)C[C@H]7C(=O)N[C@@H](C)c7ccc(-c8scnc8C)cc7)C(C)(C)C)CC5)CC6)C4)CC3)cc2)ccc1N[C@H](CCN1CCOCC1)CSc1ccccc1. The molecule has 5 aromatic carbocycles. The number of anilines is 2. The Balaban J connectivity index is 0.524. The lowest BCUT2D eigenvalue weighted by Gasteiger charge is -2.49. The van der Waals surface area contributed by atoms with Gasteiger partial charge in [-0.05, 0) is 227 Å². The van der Waals surface area contributed by atoms with Crippen LogP contribution in [0.4, 0.5) is 11.4 Å². The monoisotopic (exact) mass is 1560 g/mol. The van der Waals surface area contributed by atoms with Crippen molar-refractivity contribution in [1.29, 1.82) is 0 Å². The fourth-order valence-electron chi connectivity index (χ4n) is 18.7. The first kappa shape index (κ1) is 82.1. The first-order valence-electron chi connectivity index (χ1n) is 41.4. The number of amides is 4. The second-order valence-corrected chi connectivity index (χ2v) is 37.4. The predicted octanol–water partition coefficient (Wildman–Crippen LogP) is 15.8. The molecule has 6 atom stereocenters.